The highest BCUT2D eigenvalue weighted by molar-refractivity contribution is 5.91. The molecule has 114 valence electrons. The van der Waals surface area contributed by atoms with Crippen LogP contribution in [-0.4, -0.2) is 22.5 Å². The molecule has 1 aromatic carbocycles. The molecule has 1 aliphatic carbocycles. The van der Waals surface area contributed by atoms with Gasteiger partial charge in [-0.2, -0.15) is 0 Å². The monoisotopic (exact) mass is 298 g/mol. The second-order valence-corrected chi connectivity index (χ2v) is 5.48. The Morgan fingerprint density at radius 2 is 1.91 bits per heavy atom. The van der Waals surface area contributed by atoms with Gasteiger partial charge < -0.3 is 14.6 Å². The van der Waals surface area contributed by atoms with E-state index in [-0.39, 0.29) is 11.9 Å². The highest BCUT2D eigenvalue weighted by Gasteiger charge is 2.31. The minimum Gasteiger partial charge on any atom is -0.443 e. The topological polar surface area (TPSA) is 60.3 Å². The fourth-order valence-corrected chi connectivity index (χ4v) is 2.25. The number of ether oxygens (including phenoxy) is 1. The number of amides is 1. The average molecular weight is 298 g/mol. The zero-order valence-corrected chi connectivity index (χ0v) is 12.4. The second kappa shape index (κ2) is 6.05. The van der Waals surface area contributed by atoms with Gasteiger partial charge in [-0.05, 0) is 25.0 Å². The Morgan fingerprint density at radius 1 is 1.18 bits per heavy atom. The maximum absolute atomic E-state index is 12.4. The van der Waals surface area contributed by atoms with E-state index in [9.17, 15) is 9.59 Å². The van der Waals surface area contributed by atoms with E-state index in [4.69, 9.17) is 4.74 Å². The number of esters is 1. The van der Waals surface area contributed by atoms with Gasteiger partial charge in [-0.15, -0.1) is 0 Å². The Balaban J connectivity index is 1.80. The third kappa shape index (κ3) is 3.19. The van der Waals surface area contributed by atoms with Crippen LogP contribution in [0, 0.1) is 0 Å². The third-order valence-electron chi connectivity index (χ3n) is 3.64. The Bertz CT molecular complexity index is 674. The first-order chi connectivity index (χ1) is 10.6. The SMILES string of the molecule is Cn1cccc1C(=O)O[C@@H](C(=O)NC1CC1)c1ccccc1. The summed E-state index contributed by atoms with van der Waals surface area (Å²) in [5, 5.41) is 2.89. The molecule has 1 heterocycles. The standard InChI is InChI=1S/C17H18N2O3/c1-19-11-5-8-14(19)17(21)22-15(12-6-3-2-4-7-12)16(20)18-13-9-10-13/h2-8,11,13,15H,9-10H2,1H3,(H,18,20)/t15-/m1/s1. The summed E-state index contributed by atoms with van der Waals surface area (Å²) in [6.07, 6.45) is 2.81. The first-order valence-electron chi connectivity index (χ1n) is 7.33. The molecule has 0 radical (unpaired) electrons. The Labute approximate surface area is 128 Å². The van der Waals surface area contributed by atoms with Crippen LogP contribution < -0.4 is 5.32 Å². The van der Waals surface area contributed by atoms with E-state index in [0.717, 1.165) is 12.8 Å². The van der Waals surface area contributed by atoms with Crippen LogP contribution in [0.4, 0.5) is 0 Å². The van der Waals surface area contributed by atoms with E-state index in [1.807, 2.05) is 18.2 Å². The number of benzene rings is 1. The number of carbonyl (C=O) groups is 2. The number of nitrogens with one attached hydrogen (secondary N) is 1. The van der Waals surface area contributed by atoms with Crippen molar-refractivity contribution in [3.63, 3.8) is 0 Å². The summed E-state index contributed by atoms with van der Waals surface area (Å²) in [4.78, 5) is 24.7. The predicted octanol–water partition coefficient (Wildman–Crippen LogP) is 2.20. The molecule has 1 saturated carbocycles. The van der Waals surface area contributed by atoms with E-state index in [1.165, 1.54) is 0 Å². The number of aryl methyl sites for hydroxylation is 1. The van der Waals surface area contributed by atoms with Gasteiger partial charge in [-0.1, -0.05) is 30.3 Å². The van der Waals surface area contributed by atoms with Crippen molar-refractivity contribution in [3.8, 4) is 0 Å². The van der Waals surface area contributed by atoms with Crippen molar-refractivity contribution >= 4 is 11.9 Å². The fourth-order valence-electron chi connectivity index (χ4n) is 2.25. The molecular formula is C17H18N2O3. The van der Waals surface area contributed by atoms with Gasteiger partial charge >= 0.3 is 5.97 Å². The molecule has 5 nitrogen and oxygen atoms in total. The van der Waals surface area contributed by atoms with Crippen LogP contribution >= 0.6 is 0 Å². The number of hydrogen-bond acceptors (Lipinski definition) is 3. The highest BCUT2D eigenvalue weighted by atomic mass is 16.5. The van der Waals surface area contributed by atoms with Gasteiger partial charge in [-0.3, -0.25) is 4.79 Å². The summed E-state index contributed by atoms with van der Waals surface area (Å²) in [7, 11) is 1.76. The molecule has 5 heteroatoms. The molecule has 3 rings (SSSR count). The lowest BCUT2D eigenvalue weighted by Gasteiger charge is -2.18. The zero-order chi connectivity index (χ0) is 15.5. The number of aromatic nitrogens is 1. The number of carbonyl (C=O) groups excluding carboxylic acids is 2. The Kier molecular flexibility index (Phi) is 3.96. The predicted molar refractivity (Wildman–Crippen MR) is 81.2 cm³/mol. The molecule has 0 saturated heterocycles. The van der Waals surface area contributed by atoms with Gasteiger partial charge in [0.15, 0.2) is 0 Å². The molecule has 2 aromatic rings. The van der Waals surface area contributed by atoms with Crippen molar-refractivity contribution in [2.45, 2.75) is 25.0 Å². The molecule has 1 fully saturated rings. The normalized spacial score (nSPS) is 15.1. The lowest BCUT2D eigenvalue weighted by Crippen LogP contribution is -2.33. The van der Waals surface area contributed by atoms with Gasteiger partial charge in [0.1, 0.15) is 5.69 Å². The van der Waals surface area contributed by atoms with Gasteiger partial charge in [0.05, 0.1) is 0 Å². The first kappa shape index (κ1) is 14.4. The minimum atomic E-state index is -0.927. The summed E-state index contributed by atoms with van der Waals surface area (Å²) >= 11 is 0. The highest BCUT2D eigenvalue weighted by Crippen LogP contribution is 2.24. The summed E-state index contributed by atoms with van der Waals surface area (Å²) in [5.74, 6) is -0.774. The van der Waals surface area contributed by atoms with Gasteiger partial charge in [0.25, 0.3) is 5.91 Å². The van der Waals surface area contributed by atoms with Crippen LogP contribution in [0.15, 0.2) is 48.7 Å². The third-order valence-corrected chi connectivity index (χ3v) is 3.64. The van der Waals surface area contributed by atoms with E-state index in [0.29, 0.717) is 11.3 Å². The van der Waals surface area contributed by atoms with Crippen LogP contribution in [0.5, 0.6) is 0 Å². The van der Waals surface area contributed by atoms with Gasteiger partial charge in [0, 0.05) is 24.8 Å². The Morgan fingerprint density at radius 3 is 2.50 bits per heavy atom. The number of hydrogen-bond donors (Lipinski definition) is 1. The molecule has 0 bridgehead atoms. The molecule has 0 unspecified atom stereocenters. The van der Waals surface area contributed by atoms with Gasteiger partial charge in [0.2, 0.25) is 6.10 Å². The van der Waals surface area contributed by atoms with Crippen LogP contribution in [0.3, 0.4) is 0 Å². The summed E-state index contributed by atoms with van der Waals surface area (Å²) in [6.45, 7) is 0. The van der Waals surface area contributed by atoms with E-state index in [2.05, 4.69) is 5.32 Å². The first-order valence-corrected chi connectivity index (χ1v) is 7.33. The van der Waals surface area contributed by atoms with E-state index in [1.54, 1.807) is 42.1 Å². The quantitative estimate of drug-likeness (QED) is 0.861. The Hall–Kier alpha value is -2.56. The van der Waals surface area contributed by atoms with Crippen LogP contribution in [0.1, 0.15) is 35.0 Å². The molecule has 1 aromatic heterocycles. The molecule has 22 heavy (non-hydrogen) atoms. The van der Waals surface area contributed by atoms with E-state index >= 15 is 0 Å². The van der Waals surface area contributed by atoms with Crippen LogP contribution in [-0.2, 0) is 16.6 Å². The minimum absolute atomic E-state index is 0.215. The second-order valence-electron chi connectivity index (χ2n) is 5.48. The molecule has 0 aliphatic heterocycles. The van der Waals surface area contributed by atoms with Crippen molar-refractivity contribution in [1.82, 2.24) is 9.88 Å². The maximum Gasteiger partial charge on any atom is 0.356 e. The zero-order valence-electron chi connectivity index (χ0n) is 12.4. The molecule has 1 atom stereocenters. The summed E-state index contributed by atoms with van der Waals surface area (Å²) in [5.41, 5.74) is 1.09. The van der Waals surface area contributed by atoms with Crippen molar-refractivity contribution in [2.75, 3.05) is 0 Å². The fraction of sp³-hybridized carbons (Fsp3) is 0.294. The molecule has 1 amide bonds. The van der Waals surface area contributed by atoms with Crippen molar-refractivity contribution < 1.29 is 14.3 Å². The van der Waals surface area contributed by atoms with Crippen LogP contribution in [0.25, 0.3) is 0 Å². The van der Waals surface area contributed by atoms with Crippen molar-refractivity contribution in [3.05, 3.63) is 59.9 Å². The molecule has 0 spiro atoms. The smallest absolute Gasteiger partial charge is 0.356 e. The van der Waals surface area contributed by atoms with Gasteiger partial charge in [-0.25, -0.2) is 4.79 Å². The molecule has 1 N–H and O–H groups in total. The molecule has 1 aliphatic rings. The number of rotatable bonds is 5. The summed E-state index contributed by atoms with van der Waals surface area (Å²) in [6, 6.07) is 12.7. The lowest BCUT2D eigenvalue weighted by molar-refractivity contribution is -0.130. The van der Waals surface area contributed by atoms with E-state index < -0.39 is 12.1 Å². The molecular weight excluding hydrogens is 280 g/mol. The maximum atomic E-state index is 12.4. The van der Waals surface area contributed by atoms with Crippen molar-refractivity contribution in [1.29, 1.82) is 0 Å². The lowest BCUT2D eigenvalue weighted by atomic mass is 10.1. The number of nitrogens with zero attached hydrogens (tertiary/aromatic N) is 1. The summed E-state index contributed by atoms with van der Waals surface area (Å²) < 4.78 is 7.15. The van der Waals surface area contributed by atoms with Crippen LogP contribution in [0.2, 0.25) is 0 Å². The average Bonchev–Trinajstić information content (AvgIpc) is 3.23. The van der Waals surface area contributed by atoms with Crippen molar-refractivity contribution in [2.24, 2.45) is 7.05 Å². The largest absolute Gasteiger partial charge is 0.443 e.